The van der Waals surface area contributed by atoms with E-state index in [2.05, 4.69) is 5.10 Å². The molecule has 7 nitrogen and oxygen atoms in total. The van der Waals surface area contributed by atoms with Crippen LogP contribution in [0.3, 0.4) is 0 Å². The number of hydrogen-bond donors (Lipinski definition) is 0. The summed E-state index contributed by atoms with van der Waals surface area (Å²) in [5.41, 5.74) is 1.96. The summed E-state index contributed by atoms with van der Waals surface area (Å²) in [5, 5.41) is 4.37. The number of hydrogen-bond acceptors (Lipinski definition) is 4. The van der Waals surface area contributed by atoms with Gasteiger partial charge in [0.15, 0.2) is 0 Å². The number of rotatable bonds is 5. The zero-order valence-corrected chi connectivity index (χ0v) is 15.9. The average molecular weight is 362 g/mol. The van der Waals surface area contributed by atoms with Gasteiger partial charge in [0.1, 0.15) is 6.54 Å². The number of carbonyl (C=O) groups is 2. The Morgan fingerprint density at radius 1 is 1.08 bits per heavy atom. The van der Waals surface area contributed by atoms with Gasteiger partial charge in [-0.3, -0.25) is 14.3 Å². The Balaban J connectivity index is 1.39. The Morgan fingerprint density at radius 2 is 1.73 bits per heavy atom. The van der Waals surface area contributed by atoms with Gasteiger partial charge in [0, 0.05) is 38.3 Å². The van der Waals surface area contributed by atoms with Crippen molar-refractivity contribution in [2.45, 2.75) is 46.1 Å². The maximum absolute atomic E-state index is 12.5. The summed E-state index contributed by atoms with van der Waals surface area (Å²) < 4.78 is 7.07. The van der Waals surface area contributed by atoms with Gasteiger partial charge in [-0.2, -0.15) is 5.10 Å². The number of piperidine rings is 1. The van der Waals surface area contributed by atoms with E-state index in [1.165, 1.54) is 0 Å². The Kier molecular flexibility index (Phi) is 6.29. The molecule has 26 heavy (non-hydrogen) atoms. The topological polar surface area (TPSA) is 67.7 Å². The predicted molar refractivity (Wildman–Crippen MR) is 97.6 cm³/mol. The third-order valence-corrected chi connectivity index (χ3v) is 5.49. The van der Waals surface area contributed by atoms with Gasteiger partial charge < -0.3 is 14.5 Å². The van der Waals surface area contributed by atoms with Crippen molar-refractivity contribution in [1.82, 2.24) is 19.6 Å². The summed E-state index contributed by atoms with van der Waals surface area (Å²) in [5.74, 6) is 0.924. The van der Waals surface area contributed by atoms with Crippen molar-refractivity contribution in [2.75, 3.05) is 39.4 Å². The molecule has 3 rings (SSSR count). The normalized spacial score (nSPS) is 19.0. The molecule has 0 radical (unpaired) electrons. The molecule has 2 saturated heterocycles. The van der Waals surface area contributed by atoms with Gasteiger partial charge in [-0.25, -0.2) is 0 Å². The summed E-state index contributed by atoms with van der Waals surface area (Å²) in [6, 6.07) is 1.99. The van der Waals surface area contributed by atoms with Crippen molar-refractivity contribution < 1.29 is 14.3 Å². The highest BCUT2D eigenvalue weighted by atomic mass is 16.5. The molecule has 2 amide bonds. The maximum atomic E-state index is 12.5. The van der Waals surface area contributed by atoms with Gasteiger partial charge in [-0.05, 0) is 45.1 Å². The van der Waals surface area contributed by atoms with Crippen LogP contribution in [-0.2, 0) is 20.9 Å². The molecule has 0 bridgehead atoms. The van der Waals surface area contributed by atoms with E-state index < -0.39 is 0 Å². The molecule has 7 heteroatoms. The van der Waals surface area contributed by atoms with Crippen molar-refractivity contribution in [3.63, 3.8) is 0 Å². The molecular formula is C19H30N4O3. The van der Waals surface area contributed by atoms with E-state index in [-0.39, 0.29) is 11.8 Å². The van der Waals surface area contributed by atoms with Crippen LogP contribution in [-0.4, -0.2) is 70.8 Å². The van der Waals surface area contributed by atoms with Crippen LogP contribution in [0.1, 0.15) is 37.1 Å². The molecule has 0 aliphatic carbocycles. The average Bonchev–Trinajstić information content (AvgIpc) is 2.97. The summed E-state index contributed by atoms with van der Waals surface area (Å²) in [4.78, 5) is 28.6. The smallest absolute Gasteiger partial charge is 0.244 e. The van der Waals surface area contributed by atoms with Crippen LogP contribution in [0.25, 0.3) is 0 Å². The first-order valence-electron chi connectivity index (χ1n) is 9.67. The predicted octanol–water partition coefficient (Wildman–Crippen LogP) is 1.38. The molecule has 0 atom stereocenters. The van der Waals surface area contributed by atoms with E-state index in [0.717, 1.165) is 56.8 Å². The monoisotopic (exact) mass is 362 g/mol. The van der Waals surface area contributed by atoms with Crippen LogP contribution in [0.5, 0.6) is 0 Å². The fraction of sp³-hybridized carbons (Fsp3) is 0.737. The van der Waals surface area contributed by atoms with Crippen LogP contribution < -0.4 is 0 Å². The Bertz CT molecular complexity index is 629. The number of aromatic nitrogens is 2. The molecule has 0 saturated carbocycles. The molecule has 1 aromatic heterocycles. The zero-order chi connectivity index (χ0) is 18.5. The third-order valence-electron chi connectivity index (χ3n) is 5.49. The lowest BCUT2D eigenvalue weighted by Crippen LogP contribution is -2.42. The number of carbonyl (C=O) groups excluding carboxylic acids is 2. The third kappa shape index (κ3) is 4.84. The minimum Gasteiger partial charge on any atom is -0.378 e. The van der Waals surface area contributed by atoms with Crippen LogP contribution in [0.4, 0.5) is 0 Å². The highest BCUT2D eigenvalue weighted by Gasteiger charge is 2.25. The van der Waals surface area contributed by atoms with Crippen molar-refractivity contribution in [1.29, 1.82) is 0 Å². The highest BCUT2D eigenvalue weighted by molar-refractivity contribution is 5.76. The van der Waals surface area contributed by atoms with Gasteiger partial charge >= 0.3 is 0 Å². The molecule has 2 aliphatic rings. The van der Waals surface area contributed by atoms with Crippen LogP contribution in [0.2, 0.25) is 0 Å². The summed E-state index contributed by atoms with van der Waals surface area (Å²) in [7, 11) is 0. The molecule has 0 spiro atoms. The minimum atomic E-state index is 0.138. The fourth-order valence-electron chi connectivity index (χ4n) is 3.83. The molecule has 3 heterocycles. The lowest BCUT2D eigenvalue weighted by molar-refractivity contribution is -0.136. The highest BCUT2D eigenvalue weighted by Crippen LogP contribution is 2.23. The largest absolute Gasteiger partial charge is 0.378 e. The molecule has 2 aliphatic heterocycles. The second-order valence-corrected chi connectivity index (χ2v) is 7.44. The van der Waals surface area contributed by atoms with Crippen molar-refractivity contribution in [3.05, 3.63) is 17.5 Å². The molecule has 0 aromatic carbocycles. The van der Waals surface area contributed by atoms with E-state index in [1.807, 2.05) is 29.7 Å². The Labute approximate surface area is 155 Å². The number of amides is 2. The van der Waals surface area contributed by atoms with Gasteiger partial charge in [-0.15, -0.1) is 0 Å². The standard InChI is InChI=1S/C19H30N4O3/c1-15-13-16(2)23(20-15)14-19(25)21-7-5-17(6-8-21)3-4-18(24)22-9-11-26-12-10-22/h13,17H,3-12,14H2,1-2H3. The van der Waals surface area contributed by atoms with E-state index in [1.54, 1.807) is 4.68 Å². The van der Waals surface area contributed by atoms with Gasteiger partial charge in [0.25, 0.3) is 0 Å². The fourth-order valence-corrected chi connectivity index (χ4v) is 3.83. The van der Waals surface area contributed by atoms with Gasteiger partial charge in [0.05, 0.1) is 18.9 Å². The Hall–Kier alpha value is -1.89. The number of likely N-dealkylation sites (tertiary alicyclic amines) is 1. The summed E-state index contributed by atoms with van der Waals surface area (Å²) in [6.45, 7) is 8.56. The van der Waals surface area contributed by atoms with Crippen LogP contribution in [0.15, 0.2) is 6.07 Å². The molecule has 1 aromatic rings. The minimum absolute atomic E-state index is 0.138. The number of ether oxygens (including phenoxy) is 1. The van der Waals surface area contributed by atoms with E-state index in [4.69, 9.17) is 4.74 Å². The van der Waals surface area contributed by atoms with Gasteiger partial charge in [-0.1, -0.05) is 0 Å². The quantitative estimate of drug-likeness (QED) is 0.794. The Morgan fingerprint density at radius 3 is 2.35 bits per heavy atom. The van der Waals surface area contributed by atoms with Gasteiger partial charge in [0.2, 0.25) is 11.8 Å². The first-order valence-corrected chi connectivity index (χ1v) is 9.67. The van der Waals surface area contributed by atoms with E-state index >= 15 is 0 Å². The van der Waals surface area contributed by atoms with Crippen molar-refractivity contribution in [2.24, 2.45) is 5.92 Å². The first kappa shape index (κ1) is 18.9. The second-order valence-electron chi connectivity index (χ2n) is 7.44. The number of aryl methyl sites for hydroxylation is 2. The first-order chi connectivity index (χ1) is 12.5. The van der Waals surface area contributed by atoms with Crippen LogP contribution in [0, 0.1) is 19.8 Å². The number of morpholine rings is 1. The molecule has 0 unspecified atom stereocenters. The molecule has 0 N–H and O–H groups in total. The second kappa shape index (κ2) is 8.66. The lowest BCUT2D eigenvalue weighted by atomic mass is 9.92. The summed E-state index contributed by atoms with van der Waals surface area (Å²) >= 11 is 0. The molecule has 2 fully saturated rings. The molecule has 144 valence electrons. The lowest BCUT2D eigenvalue weighted by Gasteiger charge is -2.33. The SMILES string of the molecule is Cc1cc(C)n(CC(=O)N2CCC(CCC(=O)N3CCOCC3)CC2)n1. The summed E-state index contributed by atoms with van der Waals surface area (Å²) in [6.07, 6.45) is 3.51. The zero-order valence-electron chi connectivity index (χ0n) is 15.9. The maximum Gasteiger partial charge on any atom is 0.244 e. The van der Waals surface area contributed by atoms with E-state index in [9.17, 15) is 9.59 Å². The van der Waals surface area contributed by atoms with Crippen molar-refractivity contribution in [3.8, 4) is 0 Å². The number of nitrogens with zero attached hydrogens (tertiary/aromatic N) is 4. The van der Waals surface area contributed by atoms with E-state index in [0.29, 0.717) is 32.1 Å². The van der Waals surface area contributed by atoms with Crippen LogP contribution >= 0.6 is 0 Å². The molecular weight excluding hydrogens is 332 g/mol. The van der Waals surface area contributed by atoms with Crippen molar-refractivity contribution >= 4 is 11.8 Å².